The van der Waals surface area contributed by atoms with Gasteiger partial charge in [-0.05, 0) is 18.2 Å². The molecular formula is C15H19N3O2. The van der Waals surface area contributed by atoms with Gasteiger partial charge in [0.2, 0.25) is 0 Å². The lowest BCUT2D eigenvalue weighted by Crippen LogP contribution is -2.15. The molecular weight excluding hydrogens is 254 g/mol. The van der Waals surface area contributed by atoms with Gasteiger partial charge in [-0.2, -0.15) is 0 Å². The summed E-state index contributed by atoms with van der Waals surface area (Å²) in [6.07, 6.45) is 0. The second kappa shape index (κ2) is 5.17. The van der Waals surface area contributed by atoms with Gasteiger partial charge in [-0.1, -0.05) is 13.8 Å². The van der Waals surface area contributed by atoms with Crippen molar-refractivity contribution in [3.8, 4) is 22.8 Å². The van der Waals surface area contributed by atoms with E-state index < -0.39 is 0 Å². The van der Waals surface area contributed by atoms with Crippen LogP contribution in [0, 0.1) is 0 Å². The number of H-pyrrole nitrogens is 1. The predicted molar refractivity (Wildman–Crippen MR) is 77.0 cm³/mol. The van der Waals surface area contributed by atoms with Crippen LogP contribution in [0.2, 0.25) is 0 Å². The number of rotatable bonds is 3. The molecule has 0 saturated carbocycles. The van der Waals surface area contributed by atoms with E-state index in [1.165, 1.54) is 0 Å². The Bertz CT molecular complexity index is 620. The van der Waals surface area contributed by atoms with Gasteiger partial charge < -0.3 is 20.2 Å². The summed E-state index contributed by atoms with van der Waals surface area (Å²) < 4.78 is 11.2. The number of imidazole rings is 1. The molecule has 0 radical (unpaired) electrons. The topological polar surface area (TPSA) is 73.2 Å². The highest BCUT2D eigenvalue weighted by molar-refractivity contribution is 5.66. The van der Waals surface area contributed by atoms with E-state index in [2.05, 4.69) is 23.8 Å². The average Bonchev–Trinajstić information content (AvgIpc) is 2.91. The van der Waals surface area contributed by atoms with Gasteiger partial charge in [-0.15, -0.1) is 0 Å². The van der Waals surface area contributed by atoms with E-state index in [0.29, 0.717) is 25.7 Å². The second-order valence-corrected chi connectivity index (χ2v) is 5.17. The molecule has 5 heteroatoms. The Morgan fingerprint density at radius 1 is 1.25 bits per heavy atom. The average molecular weight is 273 g/mol. The highest BCUT2D eigenvalue weighted by atomic mass is 16.6. The van der Waals surface area contributed by atoms with Crippen molar-refractivity contribution in [3.05, 3.63) is 29.7 Å². The molecule has 0 atom stereocenters. The zero-order valence-corrected chi connectivity index (χ0v) is 11.8. The molecule has 0 bridgehead atoms. The summed E-state index contributed by atoms with van der Waals surface area (Å²) in [5.41, 5.74) is 8.66. The van der Waals surface area contributed by atoms with Crippen molar-refractivity contribution in [2.45, 2.75) is 26.3 Å². The quantitative estimate of drug-likeness (QED) is 0.900. The number of hydrogen-bond acceptors (Lipinski definition) is 4. The van der Waals surface area contributed by atoms with Crippen LogP contribution in [-0.2, 0) is 6.54 Å². The molecule has 0 saturated heterocycles. The van der Waals surface area contributed by atoms with Crippen molar-refractivity contribution in [2.75, 3.05) is 13.2 Å². The number of hydrogen-bond donors (Lipinski definition) is 2. The Hall–Kier alpha value is -2.01. The third-order valence-corrected chi connectivity index (χ3v) is 3.36. The van der Waals surface area contributed by atoms with E-state index in [0.717, 1.165) is 34.3 Å². The van der Waals surface area contributed by atoms with Crippen molar-refractivity contribution in [2.24, 2.45) is 5.73 Å². The van der Waals surface area contributed by atoms with Crippen molar-refractivity contribution in [1.82, 2.24) is 9.97 Å². The summed E-state index contributed by atoms with van der Waals surface area (Å²) in [6, 6.07) is 5.88. The minimum Gasteiger partial charge on any atom is -0.486 e. The van der Waals surface area contributed by atoms with Crippen LogP contribution >= 0.6 is 0 Å². The largest absolute Gasteiger partial charge is 0.486 e. The molecule has 1 aliphatic rings. The molecule has 3 N–H and O–H groups in total. The van der Waals surface area contributed by atoms with Crippen LogP contribution in [0.5, 0.6) is 11.5 Å². The number of aromatic amines is 1. The lowest BCUT2D eigenvalue weighted by Gasteiger charge is -2.18. The van der Waals surface area contributed by atoms with E-state index in [9.17, 15) is 0 Å². The standard InChI is InChI=1S/C15H19N3O2/c1-9(2)15-17-11(8-16)14(18-15)10-3-4-12-13(7-10)20-6-5-19-12/h3-4,7,9H,5-6,8,16H2,1-2H3,(H,17,18). The number of benzene rings is 1. The van der Waals surface area contributed by atoms with E-state index in [-0.39, 0.29) is 0 Å². The van der Waals surface area contributed by atoms with Crippen LogP contribution in [-0.4, -0.2) is 23.2 Å². The van der Waals surface area contributed by atoms with E-state index in [1.54, 1.807) is 0 Å². The molecule has 1 aromatic heterocycles. The lowest BCUT2D eigenvalue weighted by molar-refractivity contribution is 0.171. The third kappa shape index (κ3) is 2.25. The SMILES string of the molecule is CC(C)c1nc(-c2ccc3c(c2)OCCO3)c(CN)[nH]1. The fourth-order valence-electron chi connectivity index (χ4n) is 2.28. The maximum atomic E-state index is 5.81. The van der Waals surface area contributed by atoms with Gasteiger partial charge in [0.25, 0.3) is 0 Å². The Morgan fingerprint density at radius 3 is 2.70 bits per heavy atom. The Kier molecular flexibility index (Phi) is 3.36. The van der Waals surface area contributed by atoms with E-state index in [1.807, 2.05) is 18.2 Å². The highest BCUT2D eigenvalue weighted by Crippen LogP contribution is 2.35. The third-order valence-electron chi connectivity index (χ3n) is 3.36. The summed E-state index contributed by atoms with van der Waals surface area (Å²) in [6.45, 7) is 5.82. The summed E-state index contributed by atoms with van der Waals surface area (Å²) in [5.74, 6) is 2.85. The molecule has 3 rings (SSSR count). The molecule has 20 heavy (non-hydrogen) atoms. The summed E-state index contributed by atoms with van der Waals surface area (Å²) >= 11 is 0. The second-order valence-electron chi connectivity index (χ2n) is 5.17. The number of nitrogens with zero attached hydrogens (tertiary/aromatic N) is 1. The number of fused-ring (bicyclic) bond motifs is 1. The van der Waals surface area contributed by atoms with Gasteiger partial charge in [-0.25, -0.2) is 4.98 Å². The van der Waals surface area contributed by atoms with Crippen molar-refractivity contribution < 1.29 is 9.47 Å². The molecule has 1 aromatic carbocycles. The molecule has 1 aliphatic heterocycles. The van der Waals surface area contributed by atoms with Crippen LogP contribution in [0.1, 0.15) is 31.3 Å². The van der Waals surface area contributed by atoms with Gasteiger partial charge in [-0.3, -0.25) is 0 Å². The zero-order chi connectivity index (χ0) is 14.1. The van der Waals surface area contributed by atoms with Crippen molar-refractivity contribution in [1.29, 1.82) is 0 Å². The zero-order valence-electron chi connectivity index (χ0n) is 11.8. The molecule has 2 heterocycles. The van der Waals surface area contributed by atoms with Crippen LogP contribution < -0.4 is 15.2 Å². The van der Waals surface area contributed by atoms with Gasteiger partial charge in [0.1, 0.15) is 19.0 Å². The minimum atomic E-state index is 0.339. The Morgan fingerprint density at radius 2 is 2.00 bits per heavy atom. The van der Waals surface area contributed by atoms with Crippen LogP contribution in [0.4, 0.5) is 0 Å². The molecule has 0 aliphatic carbocycles. The number of nitrogens with one attached hydrogen (secondary N) is 1. The first-order valence-electron chi connectivity index (χ1n) is 6.88. The molecule has 2 aromatic rings. The van der Waals surface area contributed by atoms with Crippen LogP contribution in [0.3, 0.4) is 0 Å². The fourth-order valence-corrected chi connectivity index (χ4v) is 2.28. The van der Waals surface area contributed by atoms with Gasteiger partial charge >= 0.3 is 0 Å². The van der Waals surface area contributed by atoms with E-state index >= 15 is 0 Å². The lowest BCUT2D eigenvalue weighted by atomic mass is 10.1. The number of nitrogens with two attached hydrogens (primary N) is 1. The first-order chi connectivity index (χ1) is 9.69. The minimum absolute atomic E-state index is 0.339. The Balaban J connectivity index is 2.04. The highest BCUT2D eigenvalue weighted by Gasteiger charge is 2.17. The summed E-state index contributed by atoms with van der Waals surface area (Å²) in [5, 5.41) is 0. The maximum Gasteiger partial charge on any atom is 0.162 e. The van der Waals surface area contributed by atoms with Crippen LogP contribution in [0.15, 0.2) is 18.2 Å². The fraction of sp³-hybridized carbons (Fsp3) is 0.400. The van der Waals surface area contributed by atoms with Gasteiger partial charge in [0.15, 0.2) is 11.5 Å². The molecule has 5 nitrogen and oxygen atoms in total. The molecule has 0 unspecified atom stereocenters. The van der Waals surface area contributed by atoms with Crippen molar-refractivity contribution in [3.63, 3.8) is 0 Å². The number of ether oxygens (including phenoxy) is 2. The predicted octanol–water partition coefficient (Wildman–Crippen LogP) is 2.43. The van der Waals surface area contributed by atoms with Crippen LogP contribution in [0.25, 0.3) is 11.3 Å². The van der Waals surface area contributed by atoms with Crippen molar-refractivity contribution >= 4 is 0 Å². The number of aromatic nitrogens is 2. The molecule has 0 fully saturated rings. The molecule has 0 spiro atoms. The smallest absolute Gasteiger partial charge is 0.162 e. The van der Waals surface area contributed by atoms with Gasteiger partial charge in [0, 0.05) is 18.0 Å². The molecule has 106 valence electrons. The normalized spacial score (nSPS) is 13.8. The first-order valence-corrected chi connectivity index (χ1v) is 6.88. The maximum absolute atomic E-state index is 5.81. The first kappa shape index (κ1) is 13.0. The summed E-state index contributed by atoms with van der Waals surface area (Å²) in [4.78, 5) is 7.97. The molecule has 0 amide bonds. The summed E-state index contributed by atoms with van der Waals surface area (Å²) in [7, 11) is 0. The Labute approximate surface area is 118 Å². The van der Waals surface area contributed by atoms with E-state index in [4.69, 9.17) is 15.2 Å². The van der Waals surface area contributed by atoms with Gasteiger partial charge in [0.05, 0.1) is 11.4 Å². The monoisotopic (exact) mass is 273 g/mol.